The minimum Gasteiger partial charge on any atom is -0.368 e. The predicted molar refractivity (Wildman–Crippen MR) is 114 cm³/mol. The zero-order valence-corrected chi connectivity index (χ0v) is 17.2. The van der Waals surface area contributed by atoms with E-state index in [1.165, 1.54) is 5.56 Å². The molecule has 2 aromatic rings. The van der Waals surface area contributed by atoms with E-state index in [2.05, 4.69) is 43.1 Å². The second kappa shape index (κ2) is 8.05. The van der Waals surface area contributed by atoms with Crippen molar-refractivity contribution in [2.45, 2.75) is 33.1 Å². The van der Waals surface area contributed by atoms with Crippen LogP contribution in [0.25, 0.3) is 0 Å². The second-order valence-electron chi connectivity index (χ2n) is 8.34. The molecule has 1 aliphatic heterocycles. The molecule has 5 nitrogen and oxygen atoms in total. The zero-order valence-electron chi connectivity index (χ0n) is 17.2. The lowest BCUT2D eigenvalue weighted by molar-refractivity contribution is 0.101. The van der Waals surface area contributed by atoms with Gasteiger partial charge in [-0.3, -0.25) is 4.79 Å². The van der Waals surface area contributed by atoms with Crippen molar-refractivity contribution in [1.82, 2.24) is 4.90 Å². The number of piperazine rings is 1. The SMILES string of the molecule is CC(=O)c1cccc(N2CCN(C(=O)Nc3ccc(C(C)(C)C)cc3)CC2)c1. The van der Waals surface area contributed by atoms with E-state index in [4.69, 9.17) is 0 Å². The topological polar surface area (TPSA) is 52.7 Å². The van der Waals surface area contributed by atoms with Crippen molar-refractivity contribution in [2.24, 2.45) is 0 Å². The number of anilines is 2. The first-order chi connectivity index (χ1) is 13.2. The van der Waals surface area contributed by atoms with E-state index in [0.29, 0.717) is 13.1 Å². The van der Waals surface area contributed by atoms with Crippen molar-refractivity contribution in [3.8, 4) is 0 Å². The zero-order chi connectivity index (χ0) is 20.3. The van der Waals surface area contributed by atoms with Crippen LogP contribution in [0.3, 0.4) is 0 Å². The molecule has 0 bridgehead atoms. The maximum atomic E-state index is 12.6. The first kappa shape index (κ1) is 19.9. The molecule has 28 heavy (non-hydrogen) atoms. The number of carbonyl (C=O) groups is 2. The molecule has 0 unspecified atom stereocenters. The monoisotopic (exact) mass is 379 g/mol. The molecule has 1 aliphatic rings. The number of hydrogen-bond acceptors (Lipinski definition) is 3. The van der Waals surface area contributed by atoms with Crippen LogP contribution < -0.4 is 10.2 Å². The fourth-order valence-electron chi connectivity index (χ4n) is 3.35. The number of carbonyl (C=O) groups excluding carboxylic acids is 2. The summed E-state index contributed by atoms with van der Waals surface area (Å²) in [5.41, 5.74) is 3.90. The van der Waals surface area contributed by atoms with Gasteiger partial charge in [0.1, 0.15) is 0 Å². The normalized spacial score (nSPS) is 14.7. The summed E-state index contributed by atoms with van der Waals surface area (Å²) in [5, 5.41) is 2.99. The number of rotatable bonds is 3. The number of nitrogens with one attached hydrogen (secondary N) is 1. The molecule has 0 aliphatic carbocycles. The van der Waals surface area contributed by atoms with Gasteiger partial charge in [0.15, 0.2) is 5.78 Å². The van der Waals surface area contributed by atoms with Gasteiger partial charge < -0.3 is 15.1 Å². The summed E-state index contributed by atoms with van der Waals surface area (Å²) in [6.45, 7) is 10.9. The molecule has 1 heterocycles. The van der Waals surface area contributed by atoms with E-state index in [9.17, 15) is 9.59 Å². The van der Waals surface area contributed by atoms with Gasteiger partial charge in [0, 0.05) is 43.1 Å². The largest absolute Gasteiger partial charge is 0.368 e. The van der Waals surface area contributed by atoms with Gasteiger partial charge in [-0.05, 0) is 42.2 Å². The summed E-state index contributed by atoms with van der Waals surface area (Å²) in [4.78, 5) is 28.2. The number of hydrogen-bond donors (Lipinski definition) is 1. The average molecular weight is 380 g/mol. The van der Waals surface area contributed by atoms with Crippen LogP contribution in [-0.4, -0.2) is 42.9 Å². The molecule has 2 aromatic carbocycles. The van der Waals surface area contributed by atoms with Crippen molar-refractivity contribution in [1.29, 1.82) is 0 Å². The third-order valence-electron chi connectivity index (χ3n) is 5.19. The number of nitrogens with zero attached hydrogens (tertiary/aromatic N) is 2. The van der Waals surface area contributed by atoms with Crippen LogP contribution in [0.4, 0.5) is 16.2 Å². The molecule has 1 saturated heterocycles. The lowest BCUT2D eigenvalue weighted by Crippen LogP contribution is -2.50. The van der Waals surface area contributed by atoms with Crippen molar-refractivity contribution >= 4 is 23.2 Å². The van der Waals surface area contributed by atoms with Crippen LogP contribution >= 0.6 is 0 Å². The number of Topliss-reactive ketones (excluding diaryl/α,β-unsaturated/α-hetero) is 1. The Bertz CT molecular complexity index is 845. The quantitative estimate of drug-likeness (QED) is 0.797. The van der Waals surface area contributed by atoms with Crippen LogP contribution in [0.15, 0.2) is 48.5 Å². The molecule has 0 saturated carbocycles. The molecule has 1 fully saturated rings. The van der Waals surface area contributed by atoms with Gasteiger partial charge in [-0.2, -0.15) is 0 Å². The van der Waals surface area contributed by atoms with E-state index in [1.54, 1.807) is 6.92 Å². The van der Waals surface area contributed by atoms with E-state index < -0.39 is 0 Å². The second-order valence-corrected chi connectivity index (χ2v) is 8.34. The Labute approximate surface area is 167 Å². The van der Waals surface area contributed by atoms with Gasteiger partial charge in [0.05, 0.1) is 0 Å². The maximum absolute atomic E-state index is 12.6. The Morgan fingerprint density at radius 1 is 0.929 bits per heavy atom. The Morgan fingerprint density at radius 2 is 1.57 bits per heavy atom. The van der Waals surface area contributed by atoms with Crippen molar-refractivity contribution in [2.75, 3.05) is 36.4 Å². The first-order valence-electron chi connectivity index (χ1n) is 9.76. The first-order valence-corrected chi connectivity index (χ1v) is 9.76. The molecule has 3 rings (SSSR count). The number of ketones is 1. The summed E-state index contributed by atoms with van der Waals surface area (Å²) >= 11 is 0. The highest BCUT2D eigenvalue weighted by molar-refractivity contribution is 5.95. The van der Waals surface area contributed by atoms with Gasteiger partial charge in [0.25, 0.3) is 0 Å². The predicted octanol–water partition coefficient (Wildman–Crippen LogP) is 4.54. The Kier molecular flexibility index (Phi) is 5.73. The third-order valence-corrected chi connectivity index (χ3v) is 5.19. The van der Waals surface area contributed by atoms with Crippen LogP contribution in [0.1, 0.15) is 43.6 Å². The summed E-state index contributed by atoms with van der Waals surface area (Å²) < 4.78 is 0. The fourth-order valence-corrected chi connectivity index (χ4v) is 3.35. The third kappa shape index (κ3) is 4.71. The number of benzene rings is 2. The lowest BCUT2D eigenvalue weighted by Gasteiger charge is -2.36. The minimum absolute atomic E-state index is 0.0670. The van der Waals surface area contributed by atoms with Gasteiger partial charge >= 0.3 is 6.03 Å². The van der Waals surface area contributed by atoms with Crippen molar-refractivity contribution in [3.63, 3.8) is 0 Å². The molecular weight excluding hydrogens is 350 g/mol. The Morgan fingerprint density at radius 3 is 2.14 bits per heavy atom. The molecule has 2 amide bonds. The van der Waals surface area contributed by atoms with Crippen LogP contribution in [0.2, 0.25) is 0 Å². The highest BCUT2D eigenvalue weighted by atomic mass is 16.2. The molecule has 1 N–H and O–H groups in total. The molecule has 5 heteroatoms. The Balaban J connectivity index is 1.56. The summed E-state index contributed by atoms with van der Waals surface area (Å²) in [6.07, 6.45) is 0. The van der Waals surface area contributed by atoms with E-state index >= 15 is 0 Å². The lowest BCUT2D eigenvalue weighted by atomic mass is 9.87. The summed E-state index contributed by atoms with van der Waals surface area (Å²) in [5.74, 6) is 0.0670. The van der Waals surface area contributed by atoms with E-state index in [-0.39, 0.29) is 17.2 Å². The molecular formula is C23H29N3O2. The summed E-state index contributed by atoms with van der Waals surface area (Å²) in [6, 6.07) is 15.7. The van der Waals surface area contributed by atoms with E-state index in [0.717, 1.165) is 30.0 Å². The van der Waals surface area contributed by atoms with Crippen molar-refractivity contribution in [3.05, 3.63) is 59.7 Å². The van der Waals surface area contributed by atoms with Gasteiger partial charge in [0.2, 0.25) is 0 Å². The number of amides is 2. The molecule has 0 aromatic heterocycles. The van der Waals surface area contributed by atoms with Gasteiger partial charge in [-0.25, -0.2) is 4.79 Å². The standard InChI is InChI=1S/C23H29N3O2/c1-17(27)18-6-5-7-21(16-18)25-12-14-26(15-13-25)22(28)24-20-10-8-19(9-11-20)23(2,3)4/h5-11,16H,12-15H2,1-4H3,(H,24,28). The van der Waals surface area contributed by atoms with Crippen LogP contribution in [-0.2, 0) is 5.41 Å². The molecule has 0 radical (unpaired) electrons. The highest BCUT2D eigenvalue weighted by Crippen LogP contribution is 2.24. The maximum Gasteiger partial charge on any atom is 0.321 e. The number of urea groups is 1. The van der Waals surface area contributed by atoms with Crippen LogP contribution in [0.5, 0.6) is 0 Å². The van der Waals surface area contributed by atoms with Gasteiger partial charge in [-0.1, -0.05) is 45.0 Å². The molecule has 0 spiro atoms. The van der Waals surface area contributed by atoms with Crippen LogP contribution in [0, 0.1) is 0 Å². The fraction of sp³-hybridized carbons (Fsp3) is 0.391. The van der Waals surface area contributed by atoms with E-state index in [1.807, 2.05) is 41.3 Å². The molecule has 0 atom stereocenters. The molecule has 148 valence electrons. The van der Waals surface area contributed by atoms with Gasteiger partial charge in [-0.15, -0.1) is 0 Å². The average Bonchev–Trinajstić information content (AvgIpc) is 2.68. The Hall–Kier alpha value is -2.82. The smallest absolute Gasteiger partial charge is 0.321 e. The summed E-state index contributed by atoms with van der Waals surface area (Å²) in [7, 11) is 0. The minimum atomic E-state index is -0.0688. The van der Waals surface area contributed by atoms with Crippen molar-refractivity contribution < 1.29 is 9.59 Å². The highest BCUT2D eigenvalue weighted by Gasteiger charge is 2.22.